The van der Waals surface area contributed by atoms with Gasteiger partial charge in [-0.2, -0.15) is 0 Å². The van der Waals surface area contributed by atoms with Crippen LogP contribution < -0.4 is 0 Å². The lowest BCUT2D eigenvalue weighted by molar-refractivity contribution is 0.627. The van der Waals surface area contributed by atoms with Gasteiger partial charge in [-0.05, 0) is 70.1 Å². The summed E-state index contributed by atoms with van der Waals surface area (Å²) in [5.74, 6) is -0.415. The van der Waals surface area contributed by atoms with Crippen LogP contribution in [0.2, 0.25) is 0 Å². The SMILES string of the molecule is Fc1ccc(Cc2ccc3cc(Cc4ccc(F)cc4)ccc3c2)cc1. The van der Waals surface area contributed by atoms with Crippen LogP contribution in [-0.4, -0.2) is 0 Å². The smallest absolute Gasteiger partial charge is 0.123 e. The monoisotopic (exact) mass is 344 g/mol. The van der Waals surface area contributed by atoms with E-state index in [1.165, 1.54) is 46.2 Å². The van der Waals surface area contributed by atoms with Crippen LogP contribution in [0.15, 0.2) is 84.9 Å². The third kappa shape index (κ3) is 3.80. The molecule has 26 heavy (non-hydrogen) atoms. The quantitative estimate of drug-likeness (QED) is 0.407. The first-order chi connectivity index (χ1) is 12.7. The van der Waals surface area contributed by atoms with Crippen molar-refractivity contribution < 1.29 is 8.78 Å². The molecule has 0 nitrogen and oxygen atoms in total. The maximum absolute atomic E-state index is 13.0. The normalized spacial score (nSPS) is 11.0. The molecule has 0 amide bonds. The first kappa shape index (κ1) is 16.5. The minimum atomic E-state index is -0.207. The van der Waals surface area contributed by atoms with E-state index in [0.29, 0.717) is 0 Å². The minimum Gasteiger partial charge on any atom is -0.207 e. The number of hydrogen-bond donors (Lipinski definition) is 0. The summed E-state index contributed by atoms with van der Waals surface area (Å²) < 4.78 is 26.1. The summed E-state index contributed by atoms with van der Waals surface area (Å²) in [6, 6.07) is 26.1. The second kappa shape index (κ2) is 7.09. The molecule has 0 aliphatic heterocycles. The fraction of sp³-hybridized carbons (Fsp3) is 0.0833. The van der Waals surface area contributed by atoms with E-state index in [9.17, 15) is 8.78 Å². The molecule has 4 aromatic rings. The molecule has 0 unspecified atom stereocenters. The van der Waals surface area contributed by atoms with E-state index in [-0.39, 0.29) is 11.6 Å². The summed E-state index contributed by atoms with van der Waals surface area (Å²) in [6.45, 7) is 0. The number of halogens is 2. The highest BCUT2D eigenvalue weighted by molar-refractivity contribution is 5.84. The summed E-state index contributed by atoms with van der Waals surface area (Å²) in [7, 11) is 0. The van der Waals surface area contributed by atoms with Crippen molar-refractivity contribution in [2.24, 2.45) is 0 Å². The number of hydrogen-bond acceptors (Lipinski definition) is 0. The Morgan fingerprint density at radius 2 is 0.769 bits per heavy atom. The van der Waals surface area contributed by atoms with Crippen LogP contribution in [0, 0.1) is 11.6 Å². The second-order valence-electron chi connectivity index (χ2n) is 6.62. The Hall–Kier alpha value is -3.00. The van der Waals surface area contributed by atoms with Gasteiger partial charge in [-0.3, -0.25) is 0 Å². The molecule has 0 atom stereocenters. The average molecular weight is 344 g/mol. The molecule has 0 aromatic heterocycles. The third-order valence-corrected chi connectivity index (χ3v) is 4.61. The molecule has 0 fully saturated rings. The van der Waals surface area contributed by atoms with E-state index in [0.717, 1.165) is 24.0 Å². The van der Waals surface area contributed by atoms with Gasteiger partial charge in [0.2, 0.25) is 0 Å². The van der Waals surface area contributed by atoms with Crippen molar-refractivity contribution in [1.82, 2.24) is 0 Å². The van der Waals surface area contributed by atoms with Crippen LogP contribution in [0.25, 0.3) is 10.8 Å². The molecule has 0 N–H and O–H groups in total. The van der Waals surface area contributed by atoms with Gasteiger partial charge in [0.05, 0.1) is 0 Å². The second-order valence-corrected chi connectivity index (χ2v) is 6.62. The number of fused-ring (bicyclic) bond motifs is 1. The van der Waals surface area contributed by atoms with E-state index >= 15 is 0 Å². The maximum Gasteiger partial charge on any atom is 0.123 e. The maximum atomic E-state index is 13.0. The van der Waals surface area contributed by atoms with Crippen LogP contribution in [0.1, 0.15) is 22.3 Å². The molecule has 0 heterocycles. The number of benzene rings is 4. The zero-order chi connectivity index (χ0) is 17.9. The van der Waals surface area contributed by atoms with E-state index in [4.69, 9.17) is 0 Å². The molecule has 0 spiro atoms. The Morgan fingerprint density at radius 3 is 1.15 bits per heavy atom. The third-order valence-electron chi connectivity index (χ3n) is 4.61. The molecule has 0 saturated carbocycles. The molecule has 0 radical (unpaired) electrons. The molecule has 128 valence electrons. The first-order valence-electron chi connectivity index (χ1n) is 8.66. The summed E-state index contributed by atoms with van der Waals surface area (Å²) in [5, 5.41) is 2.37. The van der Waals surface area contributed by atoms with E-state index in [1.54, 1.807) is 0 Å². The topological polar surface area (TPSA) is 0 Å². The van der Waals surface area contributed by atoms with Gasteiger partial charge in [0.15, 0.2) is 0 Å². The van der Waals surface area contributed by atoms with E-state index in [2.05, 4.69) is 36.4 Å². The predicted octanol–water partition coefficient (Wildman–Crippen LogP) is 6.30. The highest BCUT2D eigenvalue weighted by Gasteiger charge is 2.02. The Bertz CT molecular complexity index is 945. The Balaban J connectivity index is 1.55. The lowest BCUT2D eigenvalue weighted by atomic mass is 9.98. The summed E-state index contributed by atoms with van der Waals surface area (Å²) in [6.07, 6.45) is 1.57. The van der Waals surface area contributed by atoms with Crippen molar-refractivity contribution in [3.05, 3.63) is 119 Å². The summed E-state index contributed by atoms with van der Waals surface area (Å²) in [4.78, 5) is 0. The molecule has 4 rings (SSSR count). The van der Waals surface area contributed by atoms with Gasteiger partial charge in [-0.1, -0.05) is 60.7 Å². The number of rotatable bonds is 4. The molecule has 0 aliphatic rings. The van der Waals surface area contributed by atoms with Gasteiger partial charge in [-0.25, -0.2) is 8.78 Å². The fourth-order valence-corrected chi connectivity index (χ4v) is 3.24. The molecule has 4 aromatic carbocycles. The molecule has 0 aliphatic carbocycles. The summed E-state index contributed by atoms with van der Waals surface area (Å²) in [5.41, 5.74) is 4.60. The van der Waals surface area contributed by atoms with Crippen molar-refractivity contribution >= 4 is 10.8 Å². The van der Waals surface area contributed by atoms with Crippen molar-refractivity contribution in [2.75, 3.05) is 0 Å². The van der Waals surface area contributed by atoms with Gasteiger partial charge in [0, 0.05) is 0 Å². The largest absolute Gasteiger partial charge is 0.207 e. The van der Waals surface area contributed by atoms with Crippen LogP contribution in [-0.2, 0) is 12.8 Å². The zero-order valence-electron chi connectivity index (χ0n) is 14.3. The Labute approximate surface area is 151 Å². The standard InChI is InChI=1S/C24H18F2/c25-23-9-3-17(4-10-23)13-19-1-7-21-16-20(2-8-22(21)15-19)14-18-5-11-24(26)12-6-18/h1-12,15-16H,13-14H2. The predicted molar refractivity (Wildman–Crippen MR) is 102 cm³/mol. The lowest BCUT2D eigenvalue weighted by Crippen LogP contribution is -1.91. The van der Waals surface area contributed by atoms with Crippen LogP contribution in [0.4, 0.5) is 8.78 Å². The first-order valence-corrected chi connectivity index (χ1v) is 8.66. The van der Waals surface area contributed by atoms with Crippen LogP contribution >= 0.6 is 0 Å². The van der Waals surface area contributed by atoms with Crippen LogP contribution in [0.5, 0.6) is 0 Å². The van der Waals surface area contributed by atoms with Crippen molar-refractivity contribution in [3.8, 4) is 0 Å². The Kier molecular flexibility index (Phi) is 4.49. The zero-order valence-corrected chi connectivity index (χ0v) is 14.3. The average Bonchev–Trinajstić information content (AvgIpc) is 2.66. The molecular formula is C24H18F2. The van der Waals surface area contributed by atoms with Crippen molar-refractivity contribution in [2.45, 2.75) is 12.8 Å². The van der Waals surface area contributed by atoms with Gasteiger partial charge < -0.3 is 0 Å². The van der Waals surface area contributed by atoms with Gasteiger partial charge in [0.1, 0.15) is 11.6 Å². The van der Waals surface area contributed by atoms with Gasteiger partial charge in [-0.15, -0.1) is 0 Å². The molecule has 0 bridgehead atoms. The van der Waals surface area contributed by atoms with Gasteiger partial charge in [0.25, 0.3) is 0 Å². The van der Waals surface area contributed by atoms with Crippen molar-refractivity contribution in [3.63, 3.8) is 0 Å². The molecular weight excluding hydrogens is 326 g/mol. The van der Waals surface area contributed by atoms with Crippen molar-refractivity contribution in [1.29, 1.82) is 0 Å². The van der Waals surface area contributed by atoms with E-state index < -0.39 is 0 Å². The lowest BCUT2D eigenvalue weighted by Gasteiger charge is -2.07. The van der Waals surface area contributed by atoms with Gasteiger partial charge >= 0.3 is 0 Å². The Morgan fingerprint density at radius 1 is 0.423 bits per heavy atom. The van der Waals surface area contributed by atoms with E-state index in [1.807, 2.05) is 24.3 Å². The molecule has 2 heteroatoms. The fourth-order valence-electron chi connectivity index (χ4n) is 3.24. The highest BCUT2D eigenvalue weighted by Crippen LogP contribution is 2.21. The highest BCUT2D eigenvalue weighted by atomic mass is 19.1. The minimum absolute atomic E-state index is 0.207. The summed E-state index contributed by atoms with van der Waals surface area (Å²) >= 11 is 0. The van der Waals surface area contributed by atoms with Crippen LogP contribution in [0.3, 0.4) is 0 Å². The molecule has 0 saturated heterocycles.